The number of hydrogen-bond donors (Lipinski definition) is 0. The summed E-state index contributed by atoms with van der Waals surface area (Å²) in [6.07, 6.45) is -1.30. The molecule has 4 aromatic carbocycles. The molecule has 0 radical (unpaired) electrons. The molecule has 0 unspecified atom stereocenters. The molecule has 4 amide bonds. The Kier molecular flexibility index (Phi) is 11.7. The molecule has 0 spiro atoms. The van der Waals surface area contributed by atoms with Crippen molar-refractivity contribution in [3.8, 4) is 0 Å². The van der Waals surface area contributed by atoms with Crippen molar-refractivity contribution in [2.45, 2.75) is 48.8 Å². The van der Waals surface area contributed by atoms with Crippen molar-refractivity contribution in [2.75, 3.05) is 39.3 Å². The highest BCUT2D eigenvalue weighted by molar-refractivity contribution is 7.89. The summed E-state index contributed by atoms with van der Waals surface area (Å²) in [5.74, 6) is -5.98. The van der Waals surface area contributed by atoms with Crippen LogP contribution in [0, 0.1) is 13.8 Å². The van der Waals surface area contributed by atoms with Gasteiger partial charge in [-0.05, 0) is 75.2 Å². The monoisotopic (exact) mass is 806 g/mol. The zero-order valence-electron chi connectivity index (χ0n) is 30.7. The van der Waals surface area contributed by atoms with Gasteiger partial charge < -0.3 is 0 Å². The molecule has 294 valence electrons. The molecule has 0 saturated heterocycles. The summed E-state index contributed by atoms with van der Waals surface area (Å²) < 4.78 is 89.1. The van der Waals surface area contributed by atoms with E-state index in [1.54, 1.807) is 50.2 Å². The van der Waals surface area contributed by atoms with Gasteiger partial charge >= 0.3 is 0 Å². The maximum atomic E-state index is 16.1. The molecule has 56 heavy (non-hydrogen) atoms. The number of nitrogens with zero attached hydrogens (tertiary/aromatic N) is 4. The number of rotatable bonds is 17. The number of benzene rings is 4. The molecule has 2 aliphatic heterocycles. The quantitative estimate of drug-likeness (QED) is 0.129. The average Bonchev–Trinajstić information content (AvgIpc) is 3.56. The van der Waals surface area contributed by atoms with E-state index in [1.807, 2.05) is 0 Å². The summed E-state index contributed by atoms with van der Waals surface area (Å²) in [5, 5.41) is 0. The Morgan fingerprint density at radius 1 is 0.518 bits per heavy atom. The van der Waals surface area contributed by atoms with Crippen molar-refractivity contribution in [3.05, 3.63) is 130 Å². The second-order valence-electron chi connectivity index (χ2n) is 13.8. The van der Waals surface area contributed by atoms with Crippen LogP contribution in [0.1, 0.15) is 71.8 Å². The number of halogens is 2. The normalized spacial score (nSPS) is 14.7. The van der Waals surface area contributed by atoms with Gasteiger partial charge in [0.1, 0.15) is 0 Å². The molecule has 0 atom stereocenters. The van der Waals surface area contributed by atoms with E-state index in [-0.39, 0.29) is 64.5 Å². The Bertz CT molecular complexity index is 2320. The SMILES string of the molecule is Cc1ccc(S(=O)(=O)N(CCCN2C(=O)c3ccccc3C2=O)CCC(F)(F)CN(CCCN2C(=O)c3ccccc3C2=O)S(=O)(=O)c2ccc(C)cc2)cc1. The van der Waals surface area contributed by atoms with Crippen molar-refractivity contribution >= 4 is 43.7 Å². The van der Waals surface area contributed by atoms with Gasteiger partial charge in [-0.2, -0.15) is 8.61 Å². The number of fused-ring (bicyclic) bond motifs is 2. The maximum Gasteiger partial charge on any atom is 0.262 e. The topological polar surface area (TPSA) is 150 Å². The number of sulfonamides is 2. The van der Waals surface area contributed by atoms with Crippen LogP contribution in [-0.2, 0) is 20.0 Å². The van der Waals surface area contributed by atoms with Gasteiger partial charge in [0.15, 0.2) is 0 Å². The van der Waals surface area contributed by atoms with Crippen molar-refractivity contribution in [1.29, 1.82) is 0 Å². The lowest BCUT2D eigenvalue weighted by Gasteiger charge is -2.29. The third-order valence-electron chi connectivity index (χ3n) is 9.79. The van der Waals surface area contributed by atoms with Crippen LogP contribution in [0.5, 0.6) is 0 Å². The lowest BCUT2D eigenvalue weighted by atomic mass is 10.1. The van der Waals surface area contributed by atoms with Crippen molar-refractivity contribution in [3.63, 3.8) is 0 Å². The van der Waals surface area contributed by atoms with Gasteiger partial charge in [-0.3, -0.25) is 29.0 Å². The average molecular weight is 807 g/mol. The fourth-order valence-corrected chi connectivity index (χ4v) is 9.66. The molecular weight excluding hydrogens is 767 g/mol. The molecule has 16 heteroatoms. The molecule has 2 aliphatic rings. The van der Waals surface area contributed by atoms with Crippen molar-refractivity contribution < 1.29 is 44.8 Å². The van der Waals surface area contributed by atoms with E-state index in [4.69, 9.17) is 0 Å². The van der Waals surface area contributed by atoms with E-state index < -0.39 is 75.7 Å². The number of carbonyl (C=O) groups is 4. The summed E-state index contributed by atoms with van der Waals surface area (Å²) in [7, 11) is -8.90. The predicted molar refractivity (Wildman–Crippen MR) is 202 cm³/mol. The minimum absolute atomic E-state index is 0.0616. The number of hydrogen-bond acceptors (Lipinski definition) is 8. The Balaban J connectivity index is 1.19. The van der Waals surface area contributed by atoms with Gasteiger partial charge in [-0.15, -0.1) is 0 Å². The van der Waals surface area contributed by atoms with Crippen LogP contribution in [0.25, 0.3) is 0 Å². The van der Waals surface area contributed by atoms with Crippen LogP contribution < -0.4 is 0 Å². The van der Waals surface area contributed by atoms with Crippen LogP contribution in [0.15, 0.2) is 107 Å². The molecule has 12 nitrogen and oxygen atoms in total. The fourth-order valence-electron chi connectivity index (χ4n) is 6.68. The Labute approximate surface area is 324 Å². The maximum absolute atomic E-state index is 16.1. The largest absolute Gasteiger partial charge is 0.274 e. The highest BCUT2D eigenvalue weighted by atomic mass is 32.2. The molecular formula is C40H40F2N4O8S2. The van der Waals surface area contributed by atoms with E-state index in [1.165, 1.54) is 60.7 Å². The first-order valence-electron chi connectivity index (χ1n) is 17.9. The molecule has 0 saturated carbocycles. The zero-order valence-corrected chi connectivity index (χ0v) is 32.4. The standard InChI is InChI=1S/C40H40F2N4O8S2/c1-28-13-17-30(18-14-28)55(51,52)43(22-7-24-45-36(47)32-9-3-4-10-33(32)37(45)48)26-21-40(41,42)27-44(56(53,54)31-19-15-29(2)16-20-31)23-8-25-46-38(49)34-11-5-6-12-35(34)39(46)50/h3-6,9-20H,7-8,21-27H2,1-2H3. The number of carbonyl (C=O) groups excluding carboxylic acids is 4. The lowest BCUT2D eigenvalue weighted by molar-refractivity contribution is -0.0263. The van der Waals surface area contributed by atoms with E-state index in [9.17, 15) is 36.0 Å². The molecule has 0 bridgehead atoms. The predicted octanol–water partition coefficient (Wildman–Crippen LogP) is 5.38. The van der Waals surface area contributed by atoms with Gasteiger partial charge in [-0.25, -0.2) is 25.6 Å². The summed E-state index contributed by atoms with van der Waals surface area (Å²) in [6.45, 7) is 0.243. The molecule has 0 aromatic heterocycles. The Morgan fingerprint density at radius 3 is 1.23 bits per heavy atom. The molecule has 2 heterocycles. The highest BCUT2D eigenvalue weighted by Crippen LogP contribution is 2.29. The molecule has 0 aliphatic carbocycles. The number of amides is 4. The zero-order chi connectivity index (χ0) is 40.4. The van der Waals surface area contributed by atoms with Crippen LogP contribution in [0.4, 0.5) is 8.78 Å². The van der Waals surface area contributed by atoms with Crippen LogP contribution in [0.2, 0.25) is 0 Å². The second kappa shape index (κ2) is 16.1. The summed E-state index contributed by atoms with van der Waals surface area (Å²) >= 11 is 0. The first-order valence-corrected chi connectivity index (χ1v) is 20.8. The Morgan fingerprint density at radius 2 is 0.857 bits per heavy atom. The third kappa shape index (κ3) is 8.33. The van der Waals surface area contributed by atoms with E-state index in [0.29, 0.717) is 4.31 Å². The first kappa shape index (κ1) is 40.5. The summed E-state index contributed by atoms with van der Waals surface area (Å²) in [5.41, 5.74) is 2.34. The van der Waals surface area contributed by atoms with Crippen LogP contribution >= 0.6 is 0 Å². The van der Waals surface area contributed by atoms with E-state index >= 15 is 8.78 Å². The minimum atomic E-state index is -4.53. The first-order chi connectivity index (χ1) is 26.5. The fraction of sp³-hybridized carbons (Fsp3) is 0.300. The molecule has 0 N–H and O–H groups in total. The van der Waals surface area contributed by atoms with Gasteiger partial charge in [0.2, 0.25) is 20.0 Å². The summed E-state index contributed by atoms with van der Waals surface area (Å²) in [4.78, 5) is 53.2. The molecule has 4 aromatic rings. The minimum Gasteiger partial charge on any atom is -0.274 e. The number of imide groups is 2. The van der Waals surface area contributed by atoms with Crippen molar-refractivity contribution in [1.82, 2.24) is 18.4 Å². The Hall–Kier alpha value is -5.16. The van der Waals surface area contributed by atoms with Crippen molar-refractivity contribution in [2.24, 2.45) is 0 Å². The number of alkyl halides is 2. The van der Waals surface area contributed by atoms with Crippen LogP contribution in [-0.4, -0.2) is 104 Å². The third-order valence-corrected chi connectivity index (χ3v) is 13.6. The van der Waals surface area contributed by atoms with Gasteiger partial charge in [-0.1, -0.05) is 59.7 Å². The van der Waals surface area contributed by atoms with Crippen LogP contribution in [0.3, 0.4) is 0 Å². The second-order valence-corrected chi connectivity index (χ2v) is 17.7. The van der Waals surface area contributed by atoms with Gasteiger partial charge in [0.05, 0.1) is 38.6 Å². The highest BCUT2D eigenvalue weighted by Gasteiger charge is 2.40. The molecule has 0 fully saturated rings. The van der Waals surface area contributed by atoms with E-state index in [2.05, 4.69) is 0 Å². The molecule has 6 rings (SSSR count). The van der Waals surface area contributed by atoms with Gasteiger partial charge in [0.25, 0.3) is 29.6 Å². The lowest BCUT2D eigenvalue weighted by Crippen LogP contribution is -2.44. The van der Waals surface area contributed by atoms with E-state index in [0.717, 1.165) is 25.2 Å². The number of aryl methyl sites for hydroxylation is 2. The smallest absolute Gasteiger partial charge is 0.262 e. The summed E-state index contributed by atoms with van der Waals surface area (Å²) in [6, 6.07) is 23.9. The van der Waals surface area contributed by atoms with Gasteiger partial charge in [0, 0.05) is 39.1 Å².